The Morgan fingerprint density at radius 3 is 2.62 bits per heavy atom. The summed E-state index contributed by atoms with van der Waals surface area (Å²) in [5.74, 6) is 0.937. The topological polar surface area (TPSA) is 67.8 Å². The number of nitrogens with one attached hydrogen (secondary N) is 1. The Bertz CT molecular complexity index is 485. The molecule has 0 aliphatic rings. The van der Waals surface area contributed by atoms with Crippen molar-refractivity contribution in [2.75, 3.05) is 7.11 Å². The van der Waals surface area contributed by atoms with E-state index in [2.05, 4.69) is 5.32 Å². The molecule has 5 nitrogen and oxygen atoms in total. The Hall–Kier alpha value is -1.75. The third-order valence-corrected chi connectivity index (χ3v) is 3.46. The Morgan fingerprint density at radius 1 is 1.43 bits per heavy atom. The molecule has 0 spiro atoms. The van der Waals surface area contributed by atoms with Crippen molar-refractivity contribution >= 4 is 5.91 Å². The molecule has 0 aliphatic carbocycles. The maximum absolute atomic E-state index is 12.1. The number of hydrogen-bond acceptors (Lipinski definition) is 4. The summed E-state index contributed by atoms with van der Waals surface area (Å²) in [6, 6.07) is 5.12. The summed E-state index contributed by atoms with van der Waals surface area (Å²) >= 11 is 0. The molecule has 118 valence electrons. The summed E-state index contributed by atoms with van der Waals surface area (Å²) in [6.07, 6.45) is 0.185. The molecule has 5 heteroatoms. The van der Waals surface area contributed by atoms with E-state index < -0.39 is 6.10 Å². The van der Waals surface area contributed by atoms with Crippen LogP contribution in [0.4, 0.5) is 0 Å². The predicted octanol–water partition coefficient (Wildman–Crippen LogP) is 2.26. The predicted molar refractivity (Wildman–Crippen MR) is 81.5 cm³/mol. The van der Waals surface area contributed by atoms with Crippen LogP contribution in [-0.4, -0.2) is 29.8 Å². The van der Waals surface area contributed by atoms with E-state index in [0.29, 0.717) is 17.1 Å². The number of ether oxygens (including phenoxy) is 2. The van der Waals surface area contributed by atoms with Crippen LogP contribution in [0.2, 0.25) is 0 Å². The van der Waals surface area contributed by atoms with E-state index in [9.17, 15) is 9.90 Å². The van der Waals surface area contributed by atoms with Crippen molar-refractivity contribution in [2.24, 2.45) is 0 Å². The fourth-order valence-corrected chi connectivity index (χ4v) is 1.69. The number of amides is 1. The van der Waals surface area contributed by atoms with Crippen LogP contribution in [0.5, 0.6) is 11.5 Å². The lowest BCUT2D eigenvalue weighted by molar-refractivity contribution is -0.129. The highest BCUT2D eigenvalue weighted by atomic mass is 16.5. The molecule has 0 saturated heterocycles. The summed E-state index contributed by atoms with van der Waals surface area (Å²) in [6.45, 7) is 7.45. The van der Waals surface area contributed by atoms with Crippen molar-refractivity contribution in [2.45, 2.75) is 52.4 Å². The van der Waals surface area contributed by atoms with Crippen LogP contribution in [0, 0.1) is 0 Å². The van der Waals surface area contributed by atoms with E-state index in [1.54, 1.807) is 32.2 Å². The number of rotatable bonds is 7. The molecule has 21 heavy (non-hydrogen) atoms. The first-order valence-electron chi connectivity index (χ1n) is 7.09. The molecule has 0 heterocycles. The molecule has 0 aliphatic heterocycles. The van der Waals surface area contributed by atoms with Crippen molar-refractivity contribution in [1.82, 2.24) is 5.32 Å². The molecule has 0 aromatic heterocycles. The van der Waals surface area contributed by atoms with Gasteiger partial charge in [0.2, 0.25) is 0 Å². The molecule has 1 amide bonds. The Kier molecular flexibility index (Phi) is 6.03. The molecule has 1 atom stereocenters. The minimum atomic E-state index is -0.644. The lowest BCUT2D eigenvalue weighted by atomic mass is 10.0. The first kappa shape index (κ1) is 17.3. The van der Waals surface area contributed by atoms with Crippen molar-refractivity contribution in [3.05, 3.63) is 23.8 Å². The van der Waals surface area contributed by atoms with Gasteiger partial charge in [-0.25, -0.2) is 0 Å². The minimum Gasteiger partial charge on any atom is -0.497 e. The number of carbonyl (C=O) groups excluding carboxylic acids is 1. The normalized spacial score (nSPS) is 12.7. The molecule has 1 unspecified atom stereocenters. The first-order chi connectivity index (χ1) is 9.82. The van der Waals surface area contributed by atoms with Crippen molar-refractivity contribution in [1.29, 1.82) is 0 Å². The van der Waals surface area contributed by atoms with Crippen LogP contribution in [0.25, 0.3) is 0 Å². The lowest BCUT2D eigenvalue weighted by Crippen LogP contribution is -2.48. The molecule has 0 fully saturated rings. The standard InChI is InChI=1S/C16H25NO4/c1-6-16(3,4)17-15(19)11(2)21-14-8-7-13(20-5)9-12(14)10-18/h7-9,11,18H,6,10H2,1-5H3,(H,17,19). The number of benzene rings is 1. The molecule has 0 radical (unpaired) electrons. The average Bonchev–Trinajstić information content (AvgIpc) is 2.47. The fraction of sp³-hybridized carbons (Fsp3) is 0.562. The van der Waals surface area contributed by atoms with Gasteiger partial charge >= 0.3 is 0 Å². The monoisotopic (exact) mass is 295 g/mol. The third-order valence-electron chi connectivity index (χ3n) is 3.46. The maximum atomic E-state index is 12.1. The van der Waals surface area contributed by atoms with Gasteiger partial charge in [-0.2, -0.15) is 0 Å². The number of carbonyl (C=O) groups is 1. The van der Waals surface area contributed by atoms with Gasteiger partial charge in [-0.1, -0.05) is 6.92 Å². The summed E-state index contributed by atoms with van der Waals surface area (Å²) in [7, 11) is 1.56. The fourth-order valence-electron chi connectivity index (χ4n) is 1.69. The highest BCUT2D eigenvalue weighted by molar-refractivity contribution is 5.81. The Labute approximate surface area is 126 Å². The van der Waals surface area contributed by atoms with Gasteiger partial charge in [-0.05, 0) is 45.4 Å². The number of methoxy groups -OCH3 is 1. The first-order valence-corrected chi connectivity index (χ1v) is 7.09. The molecular formula is C16H25NO4. The van der Waals surface area contributed by atoms with E-state index in [4.69, 9.17) is 9.47 Å². The summed E-state index contributed by atoms with van der Waals surface area (Å²) in [5, 5.41) is 12.3. The zero-order valence-corrected chi connectivity index (χ0v) is 13.4. The second kappa shape index (κ2) is 7.31. The van der Waals surface area contributed by atoms with Gasteiger partial charge in [0.05, 0.1) is 13.7 Å². The van der Waals surface area contributed by atoms with Gasteiger partial charge in [0.25, 0.3) is 5.91 Å². The van der Waals surface area contributed by atoms with Gasteiger partial charge in [0.15, 0.2) is 6.10 Å². The van der Waals surface area contributed by atoms with Gasteiger partial charge in [0, 0.05) is 11.1 Å². The van der Waals surface area contributed by atoms with Crippen molar-refractivity contribution < 1.29 is 19.4 Å². The van der Waals surface area contributed by atoms with Crippen molar-refractivity contribution in [3.8, 4) is 11.5 Å². The summed E-state index contributed by atoms with van der Waals surface area (Å²) < 4.78 is 10.8. The van der Waals surface area contributed by atoms with E-state index in [1.807, 2.05) is 20.8 Å². The zero-order valence-electron chi connectivity index (χ0n) is 13.4. The van der Waals surface area contributed by atoms with Crippen molar-refractivity contribution in [3.63, 3.8) is 0 Å². The highest BCUT2D eigenvalue weighted by Gasteiger charge is 2.23. The van der Waals surface area contributed by atoms with Crippen LogP contribution in [0.3, 0.4) is 0 Å². The molecule has 0 bridgehead atoms. The van der Waals surface area contributed by atoms with Crippen LogP contribution in [0.15, 0.2) is 18.2 Å². The largest absolute Gasteiger partial charge is 0.497 e. The van der Waals surface area contributed by atoms with Gasteiger partial charge < -0.3 is 19.9 Å². The second-order valence-electron chi connectivity index (χ2n) is 5.62. The number of aliphatic hydroxyl groups excluding tert-OH is 1. The molecule has 0 saturated carbocycles. The Balaban J connectivity index is 2.78. The second-order valence-corrected chi connectivity index (χ2v) is 5.62. The number of hydrogen-bond donors (Lipinski definition) is 2. The maximum Gasteiger partial charge on any atom is 0.261 e. The smallest absolute Gasteiger partial charge is 0.261 e. The van der Waals surface area contributed by atoms with Crippen LogP contribution >= 0.6 is 0 Å². The summed E-state index contributed by atoms with van der Waals surface area (Å²) in [4.78, 5) is 12.1. The third kappa shape index (κ3) is 4.93. The van der Waals surface area contributed by atoms with Gasteiger partial charge in [0.1, 0.15) is 11.5 Å². The van der Waals surface area contributed by atoms with Crippen LogP contribution in [0.1, 0.15) is 39.7 Å². The molecule has 1 aromatic rings. The van der Waals surface area contributed by atoms with Crippen LogP contribution < -0.4 is 14.8 Å². The zero-order chi connectivity index (χ0) is 16.0. The number of aliphatic hydroxyl groups is 1. The molecule has 1 rings (SSSR count). The molecular weight excluding hydrogens is 270 g/mol. The van der Waals surface area contributed by atoms with E-state index in [-0.39, 0.29) is 18.1 Å². The van der Waals surface area contributed by atoms with E-state index in [0.717, 1.165) is 6.42 Å². The SMILES string of the molecule is CCC(C)(C)NC(=O)C(C)Oc1ccc(OC)cc1CO. The lowest BCUT2D eigenvalue weighted by Gasteiger charge is -2.27. The Morgan fingerprint density at radius 2 is 2.10 bits per heavy atom. The van der Waals surface area contributed by atoms with Crippen LogP contribution in [-0.2, 0) is 11.4 Å². The van der Waals surface area contributed by atoms with E-state index in [1.165, 1.54) is 0 Å². The summed E-state index contributed by atoms with van der Waals surface area (Å²) in [5.41, 5.74) is 0.317. The minimum absolute atomic E-state index is 0.179. The molecule has 1 aromatic carbocycles. The average molecular weight is 295 g/mol. The highest BCUT2D eigenvalue weighted by Crippen LogP contribution is 2.25. The van der Waals surface area contributed by atoms with E-state index >= 15 is 0 Å². The quantitative estimate of drug-likeness (QED) is 0.809. The molecule has 2 N–H and O–H groups in total. The van der Waals surface area contributed by atoms with Gasteiger partial charge in [-0.3, -0.25) is 4.79 Å². The van der Waals surface area contributed by atoms with Gasteiger partial charge in [-0.15, -0.1) is 0 Å².